The molecule has 0 saturated heterocycles. The van der Waals surface area contributed by atoms with E-state index in [9.17, 15) is 17.8 Å². The van der Waals surface area contributed by atoms with Crippen molar-refractivity contribution in [3.05, 3.63) is 24.3 Å². The molecule has 0 radical (unpaired) electrons. The zero-order valence-electron chi connectivity index (χ0n) is 10.4. The van der Waals surface area contributed by atoms with Gasteiger partial charge >= 0.3 is 35.6 Å². The van der Waals surface area contributed by atoms with Gasteiger partial charge in [-0.05, 0) is 32.0 Å². The number of benzene rings is 1. The van der Waals surface area contributed by atoms with E-state index >= 15 is 0 Å². The van der Waals surface area contributed by atoms with Crippen molar-refractivity contribution in [2.75, 3.05) is 5.32 Å². The zero-order valence-corrected chi connectivity index (χ0v) is 13.2. The fourth-order valence-electron chi connectivity index (χ4n) is 1.16. The van der Waals surface area contributed by atoms with Crippen molar-refractivity contribution < 1.29 is 47.3 Å². The number of carbonyl (C=O) groups excluding carboxylic acids is 1. The van der Waals surface area contributed by atoms with Crippen LogP contribution in [0, 0.1) is 0 Å². The van der Waals surface area contributed by atoms with Crippen molar-refractivity contribution in [3.63, 3.8) is 0 Å². The Labute approximate surface area is 128 Å². The summed E-state index contributed by atoms with van der Waals surface area (Å²) in [4.78, 5) is 11.0. The molecule has 1 rings (SSSR count). The smallest absolute Gasteiger partial charge is 0.744 e. The van der Waals surface area contributed by atoms with Crippen LogP contribution >= 0.6 is 0 Å². The Bertz CT molecular complexity index is 516. The predicted molar refractivity (Wildman–Crippen MR) is 61.7 cm³/mol. The molecule has 0 aromatic heterocycles. The van der Waals surface area contributed by atoms with E-state index in [0.29, 0.717) is 0 Å². The van der Waals surface area contributed by atoms with Crippen molar-refractivity contribution >= 4 is 21.8 Å². The molecular formula is C10H13N2NaO4S. The molecule has 0 heterocycles. The molecule has 0 bridgehead atoms. The quantitative estimate of drug-likeness (QED) is 0.500. The molecule has 1 aromatic carbocycles. The van der Waals surface area contributed by atoms with Crippen molar-refractivity contribution in [1.29, 1.82) is 0 Å². The standard InChI is InChI=1S/C10H14N2O4S.Na/c1-7(2)11-10(13)12-8-4-3-5-9(6-8)17(14,15)16;/h3-7H,1-2H3,(H2,11,12,13)(H,14,15,16);/q;+1/p-1. The van der Waals surface area contributed by atoms with Crippen molar-refractivity contribution in [2.45, 2.75) is 24.8 Å². The molecule has 1 aromatic rings. The monoisotopic (exact) mass is 280 g/mol. The van der Waals surface area contributed by atoms with Crippen LogP contribution < -0.4 is 40.2 Å². The minimum atomic E-state index is -4.51. The summed E-state index contributed by atoms with van der Waals surface area (Å²) in [5.41, 5.74) is 0.250. The number of nitrogens with one attached hydrogen (secondary N) is 2. The molecule has 0 aliphatic heterocycles. The second-order valence-corrected chi connectivity index (χ2v) is 5.11. The van der Waals surface area contributed by atoms with Gasteiger partial charge in [-0.15, -0.1) is 0 Å². The average Bonchev–Trinajstić information content (AvgIpc) is 2.15. The number of rotatable bonds is 3. The zero-order chi connectivity index (χ0) is 13.1. The third kappa shape index (κ3) is 5.83. The van der Waals surface area contributed by atoms with Crippen LogP contribution in [0.15, 0.2) is 29.2 Å². The van der Waals surface area contributed by atoms with Gasteiger partial charge in [-0.25, -0.2) is 13.2 Å². The van der Waals surface area contributed by atoms with E-state index in [1.165, 1.54) is 18.2 Å². The van der Waals surface area contributed by atoms with Crippen LogP contribution in [0.1, 0.15) is 13.8 Å². The molecule has 2 N–H and O–H groups in total. The Balaban J connectivity index is 0.00000289. The third-order valence-electron chi connectivity index (χ3n) is 1.80. The van der Waals surface area contributed by atoms with Gasteiger partial charge in [-0.2, -0.15) is 0 Å². The maximum atomic E-state index is 11.3. The molecule has 6 nitrogen and oxygen atoms in total. The Morgan fingerprint density at radius 3 is 2.44 bits per heavy atom. The maximum absolute atomic E-state index is 11.3. The predicted octanol–water partition coefficient (Wildman–Crippen LogP) is -1.88. The first kappa shape index (κ1) is 17.4. The number of carbonyl (C=O) groups is 1. The van der Waals surface area contributed by atoms with Gasteiger partial charge in [0.2, 0.25) is 0 Å². The summed E-state index contributed by atoms with van der Waals surface area (Å²) in [6.07, 6.45) is 0. The Morgan fingerprint density at radius 2 is 1.94 bits per heavy atom. The molecule has 0 saturated carbocycles. The summed E-state index contributed by atoms with van der Waals surface area (Å²) < 4.78 is 32.3. The summed E-state index contributed by atoms with van der Waals surface area (Å²) in [5, 5.41) is 5.00. The first-order valence-corrected chi connectivity index (χ1v) is 6.33. The molecular weight excluding hydrogens is 267 g/mol. The van der Waals surface area contributed by atoms with Gasteiger partial charge in [-0.3, -0.25) is 0 Å². The van der Waals surface area contributed by atoms with E-state index in [1.807, 2.05) is 0 Å². The average molecular weight is 280 g/mol. The SMILES string of the molecule is CC(C)NC(=O)Nc1cccc(S(=O)(=O)[O-])c1.[Na+]. The fraction of sp³-hybridized carbons (Fsp3) is 0.300. The van der Waals surface area contributed by atoms with E-state index < -0.39 is 16.1 Å². The van der Waals surface area contributed by atoms with E-state index in [1.54, 1.807) is 13.8 Å². The van der Waals surface area contributed by atoms with Crippen molar-refractivity contribution in [2.24, 2.45) is 0 Å². The number of anilines is 1. The molecule has 8 heteroatoms. The minimum Gasteiger partial charge on any atom is -0.744 e. The van der Waals surface area contributed by atoms with Crippen molar-refractivity contribution in [3.8, 4) is 0 Å². The van der Waals surface area contributed by atoms with Crippen LogP contribution in [-0.2, 0) is 10.1 Å². The van der Waals surface area contributed by atoms with Crippen LogP contribution in [0.3, 0.4) is 0 Å². The second kappa shape index (κ2) is 7.10. The maximum Gasteiger partial charge on any atom is 1.00 e. The molecule has 0 unspecified atom stereocenters. The summed E-state index contributed by atoms with van der Waals surface area (Å²) in [7, 11) is -4.51. The molecule has 0 aliphatic rings. The van der Waals surface area contributed by atoms with Gasteiger partial charge in [0.1, 0.15) is 10.1 Å². The topological polar surface area (TPSA) is 98.3 Å². The van der Waals surface area contributed by atoms with Gasteiger partial charge in [0, 0.05) is 11.7 Å². The van der Waals surface area contributed by atoms with Gasteiger partial charge in [0.05, 0.1) is 4.90 Å². The first-order valence-electron chi connectivity index (χ1n) is 4.92. The third-order valence-corrected chi connectivity index (χ3v) is 2.63. The van der Waals surface area contributed by atoms with Crippen LogP contribution in [0.2, 0.25) is 0 Å². The van der Waals surface area contributed by atoms with E-state index in [-0.39, 0.29) is 46.2 Å². The molecule has 0 atom stereocenters. The second-order valence-electron chi connectivity index (χ2n) is 3.74. The molecule has 94 valence electrons. The molecule has 0 spiro atoms. The van der Waals surface area contributed by atoms with Gasteiger partial charge in [0.25, 0.3) is 0 Å². The number of hydrogen-bond acceptors (Lipinski definition) is 4. The summed E-state index contributed by atoms with van der Waals surface area (Å²) in [5.74, 6) is 0. The molecule has 18 heavy (non-hydrogen) atoms. The largest absolute Gasteiger partial charge is 1.00 e. The van der Waals surface area contributed by atoms with E-state index in [2.05, 4.69) is 10.6 Å². The number of urea groups is 1. The summed E-state index contributed by atoms with van der Waals surface area (Å²) in [6, 6.07) is 4.67. The number of hydrogen-bond donors (Lipinski definition) is 2. The number of amides is 2. The summed E-state index contributed by atoms with van der Waals surface area (Å²) in [6.45, 7) is 3.58. The van der Waals surface area contributed by atoms with Crippen LogP contribution in [0.25, 0.3) is 0 Å². The Morgan fingerprint density at radius 1 is 1.33 bits per heavy atom. The van der Waals surface area contributed by atoms with Crippen LogP contribution in [-0.4, -0.2) is 25.0 Å². The van der Waals surface area contributed by atoms with Gasteiger partial charge < -0.3 is 15.2 Å². The summed E-state index contributed by atoms with van der Waals surface area (Å²) >= 11 is 0. The first-order chi connectivity index (χ1) is 7.79. The Hall–Kier alpha value is -0.600. The van der Waals surface area contributed by atoms with E-state index in [0.717, 1.165) is 6.07 Å². The van der Waals surface area contributed by atoms with Crippen LogP contribution in [0.4, 0.5) is 10.5 Å². The molecule has 0 fully saturated rings. The fourth-order valence-corrected chi connectivity index (χ4v) is 1.68. The minimum absolute atomic E-state index is 0. The van der Waals surface area contributed by atoms with Crippen LogP contribution in [0.5, 0.6) is 0 Å². The van der Waals surface area contributed by atoms with E-state index in [4.69, 9.17) is 0 Å². The Kier molecular flexibility index (Phi) is 6.87. The van der Waals surface area contributed by atoms with Gasteiger partial charge in [-0.1, -0.05) is 6.07 Å². The van der Waals surface area contributed by atoms with Gasteiger partial charge in [0.15, 0.2) is 0 Å². The molecule has 2 amide bonds. The van der Waals surface area contributed by atoms with Crippen molar-refractivity contribution in [1.82, 2.24) is 5.32 Å². The molecule has 0 aliphatic carbocycles. The normalized spacial score (nSPS) is 10.7.